The number of anilines is 2. The second-order valence-corrected chi connectivity index (χ2v) is 6.03. The van der Waals surface area contributed by atoms with E-state index in [0.717, 1.165) is 6.07 Å². The smallest absolute Gasteiger partial charge is 0.323 e. The summed E-state index contributed by atoms with van der Waals surface area (Å²) < 4.78 is 24.9. The van der Waals surface area contributed by atoms with E-state index in [4.69, 9.17) is 0 Å². The molecule has 0 aromatic heterocycles. The highest BCUT2D eigenvalue weighted by Gasteiger charge is 2.09. The van der Waals surface area contributed by atoms with E-state index in [1.807, 2.05) is 0 Å². The van der Waals surface area contributed by atoms with Gasteiger partial charge in [-0.15, -0.1) is 0 Å². The van der Waals surface area contributed by atoms with Gasteiger partial charge >= 0.3 is 6.03 Å². The van der Waals surface area contributed by atoms with Crippen LogP contribution in [0.2, 0.25) is 0 Å². The van der Waals surface area contributed by atoms with E-state index in [2.05, 4.69) is 10.6 Å². The Bertz CT molecular complexity index is 750. The first-order valence-corrected chi connectivity index (χ1v) is 7.93. The minimum Gasteiger partial charge on any atom is -0.508 e. The molecule has 5 nitrogen and oxygen atoms in total. The van der Waals surface area contributed by atoms with Crippen LogP contribution in [0.1, 0.15) is 5.56 Å². The summed E-state index contributed by atoms with van der Waals surface area (Å²) >= 11 is 0. The van der Waals surface area contributed by atoms with Crippen molar-refractivity contribution in [2.75, 3.05) is 16.9 Å². The minimum absolute atomic E-state index is 0.0834. The highest BCUT2D eigenvalue weighted by molar-refractivity contribution is 7.84. The van der Waals surface area contributed by atoms with Gasteiger partial charge in [0, 0.05) is 17.6 Å². The largest absolute Gasteiger partial charge is 0.508 e. The highest BCUT2D eigenvalue weighted by Crippen LogP contribution is 2.21. The number of hydrogen-bond acceptors (Lipinski definition) is 3. The van der Waals surface area contributed by atoms with Gasteiger partial charge in [0.05, 0.1) is 15.7 Å². The first kappa shape index (κ1) is 16.0. The Morgan fingerprint density at radius 3 is 2.27 bits per heavy atom. The number of amides is 2. The molecule has 2 aromatic rings. The van der Waals surface area contributed by atoms with E-state index in [0.29, 0.717) is 11.3 Å². The molecule has 0 bridgehead atoms. The van der Waals surface area contributed by atoms with Gasteiger partial charge < -0.3 is 15.7 Å². The topological polar surface area (TPSA) is 78.4 Å². The molecule has 22 heavy (non-hydrogen) atoms. The lowest BCUT2D eigenvalue weighted by molar-refractivity contribution is 0.262. The third kappa shape index (κ3) is 3.82. The number of aromatic hydroxyl groups is 1. The molecule has 0 radical (unpaired) electrons. The molecule has 3 N–H and O–H groups in total. The Morgan fingerprint density at radius 2 is 1.73 bits per heavy atom. The summed E-state index contributed by atoms with van der Waals surface area (Å²) in [6.07, 6.45) is 1.38. The molecule has 2 amide bonds. The van der Waals surface area contributed by atoms with Crippen LogP contribution >= 0.6 is 0 Å². The molecular weight excluding hydrogens is 307 g/mol. The van der Waals surface area contributed by atoms with E-state index in [1.54, 1.807) is 19.1 Å². The molecule has 0 aliphatic heterocycles. The van der Waals surface area contributed by atoms with Gasteiger partial charge in [-0.2, -0.15) is 0 Å². The maximum atomic E-state index is 13.7. The average Bonchev–Trinajstić information content (AvgIpc) is 2.42. The number of benzene rings is 2. The van der Waals surface area contributed by atoms with Crippen molar-refractivity contribution in [2.24, 2.45) is 0 Å². The van der Waals surface area contributed by atoms with Crippen LogP contribution in [0.15, 0.2) is 41.3 Å². The van der Waals surface area contributed by atoms with E-state index >= 15 is 0 Å². The summed E-state index contributed by atoms with van der Waals surface area (Å²) in [5.74, 6) is -0.504. The van der Waals surface area contributed by atoms with Crippen molar-refractivity contribution in [3.05, 3.63) is 47.8 Å². The van der Waals surface area contributed by atoms with Gasteiger partial charge in [-0.1, -0.05) is 0 Å². The number of phenols is 1. The molecule has 0 unspecified atom stereocenters. The number of urea groups is 1. The van der Waals surface area contributed by atoms with Gasteiger partial charge in [0.25, 0.3) is 0 Å². The number of hydrogen-bond donors (Lipinski definition) is 3. The summed E-state index contributed by atoms with van der Waals surface area (Å²) in [5, 5.41) is 14.5. The van der Waals surface area contributed by atoms with Crippen molar-refractivity contribution >= 4 is 28.2 Å². The van der Waals surface area contributed by atoms with E-state index in [9.17, 15) is 18.5 Å². The van der Waals surface area contributed by atoms with Crippen LogP contribution in [0.4, 0.5) is 20.6 Å². The fourth-order valence-corrected chi connectivity index (χ4v) is 2.43. The lowest BCUT2D eigenvalue weighted by atomic mass is 10.2. The van der Waals surface area contributed by atoms with Crippen LogP contribution < -0.4 is 10.6 Å². The molecule has 1 atom stereocenters. The number of aryl methyl sites for hydroxylation is 1. The van der Waals surface area contributed by atoms with E-state index in [-0.39, 0.29) is 16.3 Å². The summed E-state index contributed by atoms with van der Waals surface area (Å²) in [6.45, 7) is 1.71. The van der Waals surface area contributed by atoms with Gasteiger partial charge in [0.2, 0.25) is 0 Å². The van der Waals surface area contributed by atoms with Gasteiger partial charge in [0.15, 0.2) is 0 Å². The SMILES string of the molecule is Cc1cc(NC(=O)Nc2ccc([S@](C)=O)c(F)c2)ccc1O. The zero-order valence-electron chi connectivity index (χ0n) is 12.0. The summed E-state index contributed by atoms with van der Waals surface area (Å²) in [6, 6.07) is 8.03. The predicted octanol–water partition coefficient (Wildman–Crippen LogP) is 3.22. The summed E-state index contributed by atoms with van der Waals surface area (Å²) in [4.78, 5) is 11.9. The summed E-state index contributed by atoms with van der Waals surface area (Å²) in [7, 11) is -1.42. The van der Waals surface area contributed by atoms with Crippen molar-refractivity contribution in [1.29, 1.82) is 0 Å². The zero-order chi connectivity index (χ0) is 16.3. The number of nitrogens with one attached hydrogen (secondary N) is 2. The van der Waals surface area contributed by atoms with Crippen molar-refractivity contribution in [3.8, 4) is 5.75 Å². The number of carbonyl (C=O) groups is 1. The molecule has 7 heteroatoms. The lowest BCUT2D eigenvalue weighted by Gasteiger charge is -2.09. The number of rotatable bonds is 3. The van der Waals surface area contributed by atoms with Crippen molar-refractivity contribution in [2.45, 2.75) is 11.8 Å². The fraction of sp³-hybridized carbons (Fsp3) is 0.133. The van der Waals surface area contributed by atoms with E-state index < -0.39 is 22.6 Å². The van der Waals surface area contributed by atoms with Crippen LogP contribution in [-0.2, 0) is 10.8 Å². The lowest BCUT2D eigenvalue weighted by Crippen LogP contribution is -2.19. The Hall–Kier alpha value is -2.41. The van der Waals surface area contributed by atoms with Gasteiger partial charge in [-0.3, -0.25) is 4.21 Å². The Morgan fingerprint density at radius 1 is 1.14 bits per heavy atom. The van der Waals surface area contributed by atoms with Gasteiger partial charge in [-0.25, -0.2) is 9.18 Å². The molecule has 2 rings (SSSR count). The van der Waals surface area contributed by atoms with Crippen LogP contribution in [0.3, 0.4) is 0 Å². The minimum atomic E-state index is -1.42. The third-order valence-electron chi connectivity index (χ3n) is 2.95. The standard InChI is InChI=1S/C15H15FN2O3S/c1-9-7-10(3-5-13(9)19)17-15(20)18-11-4-6-14(22(2)21)12(16)8-11/h3-8,19H,1-2H3,(H2,17,18,20)/t22-/m0/s1. The van der Waals surface area contributed by atoms with E-state index in [1.165, 1.54) is 24.5 Å². The van der Waals surface area contributed by atoms with Crippen molar-refractivity contribution in [1.82, 2.24) is 0 Å². The molecule has 0 aliphatic carbocycles. The molecule has 0 saturated carbocycles. The highest BCUT2D eigenvalue weighted by atomic mass is 32.2. The zero-order valence-corrected chi connectivity index (χ0v) is 12.8. The van der Waals surface area contributed by atoms with Crippen molar-refractivity contribution in [3.63, 3.8) is 0 Å². The summed E-state index contributed by atoms with van der Waals surface area (Å²) in [5.41, 5.74) is 1.37. The molecule has 0 aliphatic rings. The Labute approximate surface area is 129 Å². The Kier molecular flexibility index (Phi) is 4.77. The normalized spacial score (nSPS) is 11.8. The first-order chi connectivity index (χ1) is 10.4. The number of halogens is 1. The van der Waals surface area contributed by atoms with Crippen LogP contribution in [0.5, 0.6) is 5.75 Å². The molecular formula is C15H15FN2O3S. The van der Waals surface area contributed by atoms with Gasteiger partial charge in [0.1, 0.15) is 11.6 Å². The monoisotopic (exact) mass is 322 g/mol. The van der Waals surface area contributed by atoms with Crippen molar-refractivity contribution < 1.29 is 18.5 Å². The van der Waals surface area contributed by atoms with Crippen LogP contribution in [0.25, 0.3) is 0 Å². The maximum Gasteiger partial charge on any atom is 0.323 e. The second-order valence-electron chi connectivity index (χ2n) is 4.68. The second kappa shape index (κ2) is 6.57. The number of carbonyl (C=O) groups excluding carboxylic acids is 1. The molecule has 116 valence electrons. The molecule has 0 spiro atoms. The van der Waals surface area contributed by atoms with Crippen LogP contribution in [-0.4, -0.2) is 21.6 Å². The number of phenolic OH excluding ortho intramolecular Hbond substituents is 1. The fourth-order valence-electron chi connectivity index (χ4n) is 1.84. The average molecular weight is 322 g/mol. The van der Waals surface area contributed by atoms with Crippen LogP contribution in [0, 0.1) is 12.7 Å². The molecule has 0 saturated heterocycles. The van der Waals surface area contributed by atoms with Gasteiger partial charge in [-0.05, 0) is 48.9 Å². The first-order valence-electron chi connectivity index (χ1n) is 6.37. The molecule has 2 aromatic carbocycles. The maximum absolute atomic E-state index is 13.7. The molecule has 0 fully saturated rings. The Balaban J connectivity index is 2.07. The molecule has 0 heterocycles. The third-order valence-corrected chi connectivity index (χ3v) is 3.90. The predicted molar refractivity (Wildman–Crippen MR) is 84.2 cm³/mol. The quantitative estimate of drug-likeness (QED) is 0.759.